The van der Waals surface area contributed by atoms with Crippen LogP contribution < -0.4 is 5.73 Å². The molecule has 1 aromatic carbocycles. The van der Waals surface area contributed by atoms with Crippen molar-refractivity contribution >= 4 is 21.7 Å². The molecule has 6 nitrogen and oxygen atoms in total. The van der Waals surface area contributed by atoms with Crippen molar-refractivity contribution in [3.05, 3.63) is 35.1 Å². The lowest BCUT2D eigenvalue weighted by molar-refractivity contribution is -0.137. The fraction of sp³-hybridized carbons (Fsp3) is 0.385. The number of hydrogen-bond acceptors (Lipinski definition) is 4. The van der Waals surface area contributed by atoms with Gasteiger partial charge in [-0.1, -0.05) is 19.9 Å². The Labute approximate surface area is 121 Å². The van der Waals surface area contributed by atoms with E-state index in [4.69, 9.17) is 10.8 Å². The highest BCUT2D eigenvalue weighted by atomic mass is 32.2. The largest absolute Gasteiger partial charge is 0.480 e. The van der Waals surface area contributed by atoms with Crippen molar-refractivity contribution in [2.45, 2.75) is 24.9 Å². The minimum Gasteiger partial charge on any atom is -0.480 e. The van der Waals surface area contributed by atoms with Gasteiger partial charge in [0.25, 0.3) is 0 Å². The number of carbonyl (C=O) groups is 2. The lowest BCUT2D eigenvalue weighted by Gasteiger charge is -2.17. The van der Waals surface area contributed by atoms with Crippen molar-refractivity contribution in [1.82, 2.24) is 0 Å². The predicted octanol–water partition coefficient (Wildman–Crippen LogP) is 0.949. The molecular formula is C13H16FNO5S. The molecule has 0 aliphatic carbocycles. The minimum atomic E-state index is -4.09. The number of carbonyl (C=O) groups excluding carboxylic acids is 1. The Hall–Kier alpha value is -1.96. The summed E-state index contributed by atoms with van der Waals surface area (Å²) in [6.07, 6.45) is 0. The van der Waals surface area contributed by atoms with E-state index in [0.717, 1.165) is 12.1 Å². The summed E-state index contributed by atoms with van der Waals surface area (Å²) in [4.78, 5) is 22.0. The Morgan fingerprint density at radius 2 is 1.90 bits per heavy atom. The van der Waals surface area contributed by atoms with Gasteiger partial charge in [-0.25, -0.2) is 12.8 Å². The van der Waals surface area contributed by atoms with E-state index in [2.05, 4.69) is 0 Å². The number of rotatable bonds is 6. The number of carboxylic acid groups (broad SMARTS) is 1. The van der Waals surface area contributed by atoms with Gasteiger partial charge in [0.15, 0.2) is 15.1 Å². The molecule has 3 N–H and O–H groups in total. The molecule has 0 saturated heterocycles. The molecule has 0 aromatic heterocycles. The standard InChI is InChI=1S/C13H16FNO5S/c1-7(2)11(13(17)18)21(19,20)6-9-4-3-8(12(15)16)5-10(9)14/h3-5,7,11H,6H2,1-2H3,(H2,15,16)(H,17,18). The molecule has 0 saturated carbocycles. The Kier molecular flexibility index (Phi) is 5.06. The molecule has 21 heavy (non-hydrogen) atoms. The summed E-state index contributed by atoms with van der Waals surface area (Å²) in [6, 6.07) is 3.14. The lowest BCUT2D eigenvalue weighted by atomic mass is 10.1. The van der Waals surface area contributed by atoms with Crippen molar-refractivity contribution in [2.75, 3.05) is 0 Å². The molecule has 116 valence electrons. The average molecular weight is 317 g/mol. The number of nitrogens with two attached hydrogens (primary N) is 1. The van der Waals surface area contributed by atoms with E-state index in [1.165, 1.54) is 19.9 Å². The molecule has 1 rings (SSSR count). The van der Waals surface area contributed by atoms with Gasteiger partial charge in [-0.2, -0.15) is 0 Å². The van der Waals surface area contributed by atoms with Gasteiger partial charge in [0.2, 0.25) is 5.91 Å². The van der Waals surface area contributed by atoms with Crippen LogP contribution in [0.5, 0.6) is 0 Å². The summed E-state index contributed by atoms with van der Waals surface area (Å²) in [6.45, 7) is 2.92. The quantitative estimate of drug-likeness (QED) is 0.810. The summed E-state index contributed by atoms with van der Waals surface area (Å²) in [5.41, 5.74) is 4.69. The van der Waals surface area contributed by atoms with Crippen LogP contribution in [0.1, 0.15) is 29.8 Å². The maximum atomic E-state index is 13.8. The highest BCUT2D eigenvalue weighted by Gasteiger charge is 2.35. The second-order valence-corrected chi connectivity index (χ2v) is 7.10. The van der Waals surface area contributed by atoms with Gasteiger partial charge in [-0.3, -0.25) is 9.59 Å². The molecule has 0 aliphatic rings. The third-order valence-electron chi connectivity index (χ3n) is 2.93. The maximum Gasteiger partial charge on any atom is 0.322 e. The van der Waals surface area contributed by atoms with Crippen molar-refractivity contribution in [3.63, 3.8) is 0 Å². The Balaban J connectivity index is 3.15. The van der Waals surface area contributed by atoms with Crippen LogP contribution in [0.3, 0.4) is 0 Å². The SMILES string of the molecule is CC(C)C(C(=O)O)S(=O)(=O)Cc1ccc(C(N)=O)cc1F. The Morgan fingerprint density at radius 3 is 2.29 bits per heavy atom. The third kappa shape index (κ3) is 4.01. The molecule has 0 radical (unpaired) electrons. The van der Waals surface area contributed by atoms with Gasteiger partial charge >= 0.3 is 5.97 Å². The topological polar surface area (TPSA) is 115 Å². The molecular weight excluding hydrogens is 301 g/mol. The monoisotopic (exact) mass is 317 g/mol. The van der Waals surface area contributed by atoms with Crippen molar-refractivity contribution in [1.29, 1.82) is 0 Å². The average Bonchev–Trinajstić information content (AvgIpc) is 2.29. The first kappa shape index (κ1) is 17.1. The van der Waals surface area contributed by atoms with E-state index in [-0.39, 0.29) is 11.1 Å². The number of carboxylic acids is 1. The van der Waals surface area contributed by atoms with E-state index in [9.17, 15) is 22.4 Å². The highest BCUT2D eigenvalue weighted by molar-refractivity contribution is 7.92. The zero-order valence-corrected chi connectivity index (χ0v) is 12.4. The van der Waals surface area contributed by atoms with Gasteiger partial charge < -0.3 is 10.8 Å². The Bertz CT molecular complexity index is 669. The zero-order chi connectivity index (χ0) is 16.4. The van der Waals surface area contributed by atoms with Gasteiger partial charge in [-0.05, 0) is 18.1 Å². The fourth-order valence-corrected chi connectivity index (χ4v) is 3.96. The normalized spacial score (nSPS) is 13.1. The third-order valence-corrected chi connectivity index (χ3v) is 5.16. The zero-order valence-electron chi connectivity index (χ0n) is 11.5. The minimum absolute atomic E-state index is 0.0905. The van der Waals surface area contributed by atoms with E-state index >= 15 is 0 Å². The first-order valence-corrected chi connectivity index (χ1v) is 7.80. The number of primary amides is 1. The van der Waals surface area contributed by atoms with Gasteiger partial charge in [0.1, 0.15) is 5.82 Å². The van der Waals surface area contributed by atoms with Crippen LogP contribution in [0.4, 0.5) is 4.39 Å². The molecule has 0 heterocycles. The highest BCUT2D eigenvalue weighted by Crippen LogP contribution is 2.20. The first-order valence-electron chi connectivity index (χ1n) is 6.09. The second-order valence-electron chi connectivity index (χ2n) is 4.98. The van der Waals surface area contributed by atoms with Crippen LogP contribution in [0.15, 0.2) is 18.2 Å². The van der Waals surface area contributed by atoms with Crippen LogP contribution in [-0.4, -0.2) is 30.7 Å². The Morgan fingerprint density at radius 1 is 1.33 bits per heavy atom. The summed E-state index contributed by atoms with van der Waals surface area (Å²) in [7, 11) is -4.09. The van der Waals surface area contributed by atoms with E-state index in [1.807, 2.05) is 0 Å². The smallest absolute Gasteiger partial charge is 0.322 e. The number of aliphatic carboxylic acids is 1. The van der Waals surface area contributed by atoms with E-state index in [0.29, 0.717) is 0 Å². The number of benzene rings is 1. The van der Waals surface area contributed by atoms with Crippen molar-refractivity contribution in [2.24, 2.45) is 11.7 Å². The fourth-order valence-electron chi connectivity index (χ4n) is 1.98. The molecule has 1 atom stereocenters. The molecule has 1 amide bonds. The van der Waals surface area contributed by atoms with Crippen LogP contribution in [0, 0.1) is 11.7 Å². The lowest BCUT2D eigenvalue weighted by Crippen LogP contribution is -2.36. The van der Waals surface area contributed by atoms with Gasteiger partial charge in [0, 0.05) is 11.1 Å². The predicted molar refractivity (Wildman–Crippen MR) is 73.8 cm³/mol. The number of halogens is 1. The van der Waals surface area contributed by atoms with Crippen molar-refractivity contribution < 1.29 is 27.5 Å². The molecule has 8 heteroatoms. The second kappa shape index (κ2) is 6.21. The van der Waals surface area contributed by atoms with E-state index in [1.54, 1.807) is 0 Å². The number of amides is 1. The summed E-state index contributed by atoms with van der Waals surface area (Å²) < 4.78 is 38.0. The van der Waals surface area contributed by atoms with Crippen LogP contribution in [0.25, 0.3) is 0 Å². The summed E-state index contributed by atoms with van der Waals surface area (Å²) in [5, 5.41) is 7.39. The van der Waals surface area contributed by atoms with Crippen LogP contribution in [-0.2, 0) is 20.4 Å². The molecule has 1 aromatic rings. The summed E-state index contributed by atoms with van der Waals surface area (Å²) in [5.74, 6) is -4.64. The molecule has 0 fully saturated rings. The summed E-state index contributed by atoms with van der Waals surface area (Å²) >= 11 is 0. The first-order chi connectivity index (χ1) is 9.56. The molecule has 0 aliphatic heterocycles. The number of sulfone groups is 1. The molecule has 0 spiro atoms. The maximum absolute atomic E-state index is 13.8. The molecule has 1 unspecified atom stereocenters. The van der Waals surface area contributed by atoms with Crippen LogP contribution in [0.2, 0.25) is 0 Å². The van der Waals surface area contributed by atoms with Gasteiger partial charge in [0.05, 0.1) is 5.75 Å². The van der Waals surface area contributed by atoms with Crippen molar-refractivity contribution in [3.8, 4) is 0 Å². The van der Waals surface area contributed by atoms with Gasteiger partial charge in [-0.15, -0.1) is 0 Å². The number of hydrogen-bond donors (Lipinski definition) is 2. The molecule has 0 bridgehead atoms. The van der Waals surface area contributed by atoms with Crippen LogP contribution >= 0.6 is 0 Å². The van der Waals surface area contributed by atoms with E-state index < -0.39 is 44.5 Å².